The lowest BCUT2D eigenvalue weighted by molar-refractivity contribution is -0.0699. The van der Waals surface area contributed by atoms with Crippen molar-refractivity contribution in [3.63, 3.8) is 0 Å². The first-order chi connectivity index (χ1) is 14.4. The van der Waals surface area contributed by atoms with Crippen LogP contribution in [0, 0.1) is 6.92 Å². The second-order valence-corrected chi connectivity index (χ2v) is 8.33. The Labute approximate surface area is 181 Å². The van der Waals surface area contributed by atoms with Crippen molar-refractivity contribution in [2.45, 2.75) is 33.0 Å². The molecule has 1 aromatic heterocycles. The van der Waals surface area contributed by atoms with Crippen molar-refractivity contribution in [3.05, 3.63) is 63.5 Å². The van der Waals surface area contributed by atoms with E-state index in [9.17, 15) is 4.79 Å². The van der Waals surface area contributed by atoms with Crippen LogP contribution in [0.5, 0.6) is 5.75 Å². The Morgan fingerprint density at radius 3 is 2.50 bits per heavy atom. The Balaban J connectivity index is 1.51. The first-order valence-corrected chi connectivity index (χ1v) is 10.6. The van der Waals surface area contributed by atoms with Gasteiger partial charge in [0.1, 0.15) is 23.7 Å². The maximum Gasteiger partial charge on any atom is 0.200 e. The summed E-state index contributed by atoms with van der Waals surface area (Å²) < 4.78 is 17.7. The Kier molecular flexibility index (Phi) is 6.14. The standard InChI is InChI=1S/C24H26ClNO4/c1-15-13-26(14-16(2)29-15)10-11-28-20-8-9-21-22(12-20)30-17(3)23(24(21)27)18-4-6-19(25)7-5-18/h4-9,12,15-16H,10-11,13-14H2,1-3H3/t15-,16-/m1/s1. The molecule has 5 nitrogen and oxygen atoms in total. The van der Waals surface area contributed by atoms with Gasteiger partial charge in [0, 0.05) is 30.7 Å². The van der Waals surface area contributed by atoms with Crippen LogP contribution in [-0.2, 0) is 4.74 Å². The molecule has 0 aliphatic carbocycles. The molecule has 0 spiro atoms. The van der Waals surface area contributed by atoms with E-state index in [1.165, 1.54) is 0 Å². The molecule has 1 aliphatic rings. The number of hydrogen-bond acceptors (Lipinski definition) is 5. The maximum atomic E-state index is 13.1. The SMILES string of the molecule is Cc1oc2cc(OCCN3C[C@@H](C)O[C@H](C)C3)ccc2c(=O)c1-c1ccc(Cl)cc1. The highest BCUT2D eigenvalue weighted by Crippen LogP contribution is 2.27. The van der Waals surface area contributed by atoms with Crippen molar-refractivity contribution in [1.29, 1.82) is 0 Å². The van der Waals surface area contributed by atoms with Crippen LogP contribution in [0.2, 0.25) is 5.02 Å². The minimum absolute atomic E-state index is 0.0566. The molecule has 0 unspecified atom stereocenters. The van der Waals surface area contributed by atoms with Crippen LogP contribution < -0.4 is 10.2 Å². The molecule has 1 saturated heterocycles. The van der Waals surface area contributed by atoms with Crippen molar-refractivity contribution in [1.82, 2.24) is 4.90 Å². The molecule has 0 radical (unpaired) electrons. The highest BCUT2D eigenvalue weighted by atomic mass is 35.5. The zero-order chi connectivity index (χ0) is 21.3. The van der Waals surface area contributed by atoms with Gasteiger partial charge in [0.05, 0.1) is 23.2 Å². The normalized spacial score (nSPS) is 19.9. The quantitative estimate of drug-likeness (QED) is 0.579. The smallest absolute Gasteiger partial charge is 0.200 e. The molecule has 1 aliphatic heterocycles. The van der Waals surface area contributed by atoms with Gasteiger partial charge in [-0.2, -0.15) is 0 Å². The minimum Gasteiger partial charge on any atom is -0.492 e. The third-order valence-corrected chi connectivity index (χ3v) is 5.60. The van der Waals surface area contributed by atoms with E-state index in [-0.39, 0.29) is 17.6 Å². The predicted octanol–water partition coefficient (Wildman–Crippen LogP) is 4.91. The van der Waals surface area contributed by atoms with Crippen LogP contribution in [0.25, 0.3) is 22.1 Å². The van der Waals surface area contributed by atoms with E-state index in [0.717, 1.165) is 25.2 Å². The van der Waals surface area contributed by atoms with Gasteiger partial charge in [-0.25, -0.2) is 0 Å². The summed E-state index contributed by atoms with van der Waals surface area (Å²) in [5, 5.41) is 1.16. The third-order valence-electron chi connectivity index (χ3n) is 5.34. The van der Waals surface area contributed by atoms with Crippen molar-refractivity contribution in [2.24, 2.45) is 0 Å². The summed E-state index contributed by atoms with van der Waals surface area (Å²) in [6, 6.07) is 12.6. The summed E-state index contributed by atoms with van der Waals surface area (Å²) in [6.45, 7) is 9.20. The molecule has 6 heteroatoms. The Hall–Kier alpha value is -2.34. The van der Waals surface area contributed by atoms with E-state index in [0.29, 0.717) is 39.7 Å². The predicted molar refractivity (Wildman–Crippen MR) is 120 cm³/mol. The summed E-state index contributed by atoms with van der Waals surface area (Å²) in [5.74, 6) is 1.27. The van der Waals surface area contributed by atoms with E-state index in [4.69, 9.17) is 25.5 Å². The van der Waals surface area contributed by atoms with Crippen LogP contribution in [0.4, 0.5) is 0 Å². The van der Waals surface area contributed by atoms with Gasteiger partial charge < -0.3 is 13.9 Å². The second kappa shape index (κ2) is 8.80. The monoisotopic (exact) mass is 427 g/mol. The molecular formula is C24H26ClNO4. The lowest BCUT2D eigenvalue weighted by Crippen LogP contribution is -2.46. The van der Waals surface area contributed by atoms with Crippen molar-refractivity contribution >= 4 is 22.6 Å². The van der Waals surface area contributed by atoms with Gasteiger partial charge in [0.15, 0.2) is 0 Å². The lowest BCUT2D eigenvalue weighted by atomic mass is 10.0. The summed E-state index contributed by atoms with van der Waals surface area (Å²) in [5.41, 5.74) is 1.82. The Morgan fingerprint density at radius 2 is 1.80 bits per heavy atom. The topological polar surface area (TPSA) is 51.9 Å². The van der Waals surface area contributed by atoms with E-state index >= 15 is 0 Å². The van der Waals surface area contributed by atoms with Gasteiger partial charge in [-0.3, -0.25) is 9.69 Å². The number of hydrogen-bond donors (Lipinski definition) is 0. The molecule has 2 aromatic carbocycles. The fourth-order valence-corrected chi connectivity index (χ4v) is 4.21. The van der Waals surface area contributed by atoms with Crippen molar-refractivity contribution in [2.75, 3.05) is 26.2 Å². The van der Waals surface area contributed by atoms with E-state index in [1.54, 1.807) is 31.2 Å². The number of benzene rings is 2. The lowest BCUT2D eigenvalue weighted by Gasteiger charge is -2.35. The molecule has 0 amide bonds. The highest BCUT2D eigenvalue weighted by Gasteiger charge is 2.21. The summed E-state index contributed by atoms with van der Waals surface area (Å²) in [6.07, 6.45) is 0.475. The molecule has 0 N–H and O–H groups in total. The van der Waals surface area contributed by atoms with Crippen LogP contribution >= 0.6 is 11.6 Å². The first kappa shape index (κ1) is 20.9. The number of aryl methyl sites for hydroxylation is 1. The molecule has 1 fully saturated rings. The maximum absolute atomic E-state index is 13.1. The van der Waals surface area contributed by atoms with Crippen LogP contribution in [-0.4, -0.2) is 43.3 Å². The van der Waals surface area contributed by atoms with Gasteiger partial charge in [-0.1, -0.05) is 23.7 Å². The Morgan fingerprint density at radius 1 is 1.10 bits per heavy atom. The van der Waals surface area contributed by atoms with Gasteiger partial charge in [-0.15, -0.1) is 0 Å². The average molecular weight is 428 g/mol. The van der Waals surface area contributed by atoms with Crippen LogP contribution in [0.3, 0.4) is 0 Å². The molecule has 2 atom stereocenters. The number of halogens is 1. The van der Waals surface area contributed by atoms with Crippen LogP contribution in [0.1, 0.15) is 19.6 Å². The number of rotatable bonds is 5. The van der Waals surface area contributed by atoms with Crippen molar-refractivity contribution < 1.29 is 13.9 Å². The molecule has 0 saturated carbocycles. The molecule has 2 heterocycles. The van der Waals surface area contributed by atoms with E-state index in [2.05, 4.69) is 18.7 Å². The summed E-state index contributed by atoms with van der Waals surface area (Å²) in [7, 11) is 0. The largest absolute Gasteiger partial charge is 0.492 e. The van der Waals surface area contributed by atoms with Gasteiger partial charge in [-0.05, 0) is 50.6 Å². The zero-order valence-corrected chi connectivity index (χ0v) is 18.2. The van der Waals surface area contributed by atoms with Gasteiger partial charge >= 0.3 is 0 Å². The molecule has 4 rings (SSSR count). The molecule has 3 aromatic rings. The molecular weight excluding hydrogens is 402 g/mol. The fraction of sp³-hybridized carbons (Fsp3) is 0.375. The molecule has 0 bridgehead atoms. The Bertz CT molecular complexity index is 1080. The molecule has 30 heavy (non-hydrogen) atoms. The first-order valence-electron chi connectivity index (χ1n) is 10.2. The van der Waals surface area contributed by atoms with E-state index in [1.807, 2.05) is 18.2 Å². The minimum atomic E-state index is -0.0566. The fourth-order valence-electron chi connectivity index (χ4n) is 4.09. The van der Waals surface area contributed by atoms with Crippen molar-refractivity contribution in [3.8, 4) is 16.9 Å². The number of fused-ring (bicyclic) bond motifs is 1. The zero-order valence-electron chi connectivity index (χ0n) is 17.5. The second-order valence-electron chi connectivity index (χ2n) is 7.89. The van der Waals surface area contributed by atoms with Gasteiger partial charge in [0.2, 0.25) is 5.43 Å². The highest BCUT2D eigenvalue weighted by molar-refractivity contribution is 6.30. The summed E-state index contributed by atoms with van der Waals surface area (Å²) >= 11 is 5.97. The molecule has 158 valence electrons. The van der Waals surface area contributed by atoms with Gasteiger partial charge in [0.25, 0.3) is 0 Å². The number of nitrogens with zero attached hydrogens (tertiary/aromatic N) is 1. The number of ether oxygens (including phenoxy) is 2. The summed E-state index contributed by atoms with van der Waals surface area (Å²) in [4.78, 5) is 15.4. The number of morpholine rings is 1. The third kappa shape index (κ3) is 4.53. The average Bonchev–Trinajstić information content (AvgIpc) is 2.68. The van der Waals surface area contributed by atoms with Crippen LogP contribution in [0.15, 0.2) is 51.7 Å². The van der Waals surface area contributed by atoms with E-state index < -0.39 is 0 Å².